The fourth-order valence-electron chi connectivity index (χ4n) is 1.41. The molecule has 0 fully saturated rings. The lowest BCUT2D eigenvalue weighted by Gasteiger charge is -2.17. The maximum atomic E-state index is 5.77. The van der Waals surface area contributed by atoms with Crippen LogP contribution in [0.5, 0.6) is 5.75 Å². The number of rotatable bonds is 3. The lowest BCUT2D eigenvalue weighted by molar-refractivity contribution is 0.238. The van der Waals surface area contributed by atoms with Gasteiger partial charge in [0.25, 0.3) is 0 Å². The summed E-state index contributed by atoms with van der Waals surface area (Å²) in [5, 5.41) is 0. The summed E-state index contributed by atoms with van der Waals surface area (Å²) in [5.41, 5.74) is 9.19. The second-order valence-electron chi connectivity index (χ2n) is 3.87. The zero-order valence-electron chi connectivity index (χ0n) is 9.42. The van der Waals surface area contributed by atoms with E-state index in [0.717, 1.165) is 11.3 Å². The van der Waals surface area contributed by atoms with Gasteiger partial charge in [-0.2, -0.15) is 0 Å². The molecule has 0 radical (unpaired) electrons. The standard InChI is InChI=1S/C12H19NO/c1-8(2)14-12-10(4)9(3)5-6-11(12)7-13/h5-6,8H,7,13H2,1-4H3. The minimum Gasteiger partial charge on any atom is -0.490 e. The Morgan fingerprint density at radius 2 is 1.93 bits per heavy atom. The number of ether oxygens (including phenoxy) is 1. The van der Waals surface area contributed by atoms with Gasteiger partial charge in [-0.3, -0.25) is 0 Å². The molecule has 0 aliphatic carbocycles. The molecule has 78 valence electrons. The summed E-state index contributed by atoms with van der Waals surface area (Å²) in [7, 11) is 0. The zero-order valence-corrected chi connectivity index (χ0v) is 9.42. The lowest BCUT2D eigenvalue weighted by Crippen LogP contribution is -2.11. The van der Waals surface area contributed by atoms with Gasteiger partial charge in [-0.25, -0.2) is 0 Å². The summed E-state index contributed by atoms with van der Waals surface area (Å²) in [6.07, 6.45) is 0.195. The first-order valence-electron chi connectivity index (χ1n) is 5.02. The molecule has 1 aromatic carbocycles. The van der Waals surface area contributed by atoms with Crippen molar-refractivity contribution in [2.45, 2.75) is 40.3 Å². The van der Waals surface area contributed by atoms with Crippen LogP contribution < -0.4 is 10.5 Å². The van der Waals surface area contributed by atoms with Gasteiger partial charge in [0.05, 0.1) is 6.10 Å². The van der Waals surface area contributed by atoms with Gasteiger partial charge in [0, 0.05) is 12.1 Å². The SMILES string of the molecule is Cc1ccc(CN)c(OC(C)C)c1C. The molecule has 0 atom stereocenters. The maximum Gasteiger partial charge on any atom is 0.127 e. The Labute approximate surface area is 86.1 Å². The van der Waals surface area contributed by atoms with Crippen molar-refractivity contribution < 1.29 is 4.74 Å². The number of aryl methyl sites for hydroxylation is 1. The maximum absolute atomic E-state index is 5.77. The van der Waals surface area contributed by atoms with Crippen LogP contribution in [-0.4, -0.2) is 6.10 Å². The molecule has 14 heavy (non-hydrogen) atoms. The van der Waals surface area contributed by atoms with Crippen LogP contribution in [0.4, 0.5) is 0 Å². The van der Waals surface area contributed by atoms with Crippen LogP contribution in [0.2, 0.25) is 0 Å². The third-order valence-electron chi connectivity index (χ3n) is 2.33. The number of benzene rings is 1. The monoisotopic (exact) mass is 193 g/mol. The molecule has 0 amide bonds. The molecular weight excluding hydrogens is 174 g/mol. The van der Waals surface area contributed by atoms with Gasteiger partial charge < -0.3 is 10.5 Å². The highest BCUT2D eigenvalue weighted by atomic mass is 16.5. The van der Waals surface area contributed by atoms with Crippen LogP contribution >= 0.6 is 0 Å². The van der Waals surface area contributed by atoms with Gasteiger partial charge in [-0.1, -0.05) is 12.1 Å². The Bertz CT molecular complexity index is 318. The van der Waals surface area contributed by atoms with Crippen molar-refractivity contribution in [3.05, 3.63) is 28.8 Å². The van der Waals surface area contributed by atoms with E-state index in [1.807, 2.05) is 19.9 Å². The van der Waals surface area contributed by atoms with Crippen molar-refractivity contribution in [3.63, 3.8) is 0 Å². The number of nitrogens with two attached hydrogens (primary N) is 1. The van der Waals surface area contributed by atoms with E-state index >= 15 is 0 Å². The summed E-state index contributed by atoms with van der Waals surface area (Å²) < 4.78 is 5.77. The van der Waals surface area contributed by atoms with Crippen LogP contribution in [0.15, 0.2) is 12.1 Å². The first kappa shape index (κ1) is 11.1. The van der Waals surface area contributed by atoms with Gasteiger partial charge in [0.15, 0.2) is 0 Å². The van der Waals surface area contributed by atoms with Crippen LogP contribution in [0.3, 0.4) is 0 Å². The highest BCUT2D eigenvalue weighted by Gasteiger charge is 2.09. The quantitative estimate of drug-likeness (QED) is 0.800. The Kier molecular flexibility index (Phi) is 3.53. The Morgan fingerprint density at radius 3 is 2.43 bits per heavy atom. The van der Waals surface area contributed by atoms with Gasteiger partial charge in [0.1, 0.15) is 5.75 Å². The van der Waals surface area contributed by atoms with Gasteiger partial charge in [-0.15, -0.1) is 0 Å². The first-order valence-corrected chi connectivity index (χ1v) is 5.02. The third-order valence-corrected chi connectivity index (χ3v) is 2.33. The van der Waals surface area contributed by atoms with Crippen LogP contribution in [-0.2, 0) is 6.54 Å². The normalized spacial score (nSPS) is 10.7. The number of hydrogen-bond acceptors (Lipinski definition) is 2. The summed E-state index contributed by atoms with van der Waals surface area (Å²) >= 11 is 0. The summed E-state index contributed by atoms with van der Waals surface area (Å²) in [5.74, 6) is 0.961. The predicted octanol–water partition coefficient (Wildman–Crippen LogP) is 2.55. The van der Waals surface area contributed by atoms with Crippen LogP contribution in [0.1, 0.15) is 30.5 Å². The number of hydrogen-bond donors (Lipinski definition) is 1. The van der Waals surface area contributed by atoms with Crippen molar-refractivity contribution in [3.8, 4) is 5.75 Å². The second kappa shape index (κ2) is 4.47. The first-order chi connectivity index (χ1) is 6.56. The van der Waals surface area contributed by atoms with Crippen LogP contribution in [0, 0.1) is 13.8 Å². The van der Waals surface area contributed by atoms with Crippen molar-refractivity contribution in [1.82, 2.24) is 0 Å². The highest BCUT2D eigenvalue weighted by molar-refractivity contribution is 5.45. The van der Waals surface area contributed by atoms with Crippen LogP contribution in [0.25, 0.3) is 0 Å². The van der Waals surface area contributed by atoms with Gasteiger partial charge in [-0.05, 0) is 38.8 Å². The van der Waals surface area contributed by atoms with E-state index < -0.39 is 0 Å². The molecule has 0 aliphatic heterocycles. The predicted molar refractivity (Wildman–Crippen MR) is 59.6 cm³/mol. The highest BCUT2D eigenvalue weighted by Crippen LogP contribution is 2.27. The van der Waals surface area contributed by atoms with Crippen molar-refractivity contribution >= 4 is 0 Å². The molecular formula is C12H19NO. The third kappa shape index (κ3) is 2.26. The van der Waals surface area contributed by atoms with Crippen molar-refractivity contribution in [1.29, 1.82) is 0 Å². The molecule has 0 bridgehead atoms. The molecule has 2 N–H and O–H groups in total. The summed E-state index contributed by atoms with van der Waals surface area (Å²) in [6.45, 7) is 8.75. The fraction of sp³-hybridized carbons (Fsp3) is 0.500. The molecule has 0 heterocycles. The van der Waals surface area contributed by atoms with E-state index in [-0.39, 0.29) is 6.10 Å². The van der Waals surface area contributed by atoms with Gasteiger partial charge >= 0.3 is 0 Å². The topological polar surface area (TPSA) is 35.2 Å². The Balaban J connectivity index is 3.14. The molecule has 0 saturated carbocycles. The molecule has 2 heteroatoms. The molecule has 0 unspecified atom stereocenters. The van der Waals surface area contributed by atoms with Gasteiger partial charge in [0.2, 0.25) is 0 Å². The van der Waals surface area contributed by atoms with E-state index in [1.54, 1.807) is 0 Å². The molecule has 0 aliphatic rings. The second-order valence-corrected chi connectivity index (χ2v) is 3.87. The van der Waals surface area contributed by atoms with Crippen molar-refractivity contribution in [2.75, 3.05) is 0 Å². The minimum absolute atomic E-state index is 0.195. The van der Waals surface area contributed by atoms with E-state index in [4.69, 9.17) is 10.5 Å². The average molecular weight is 193 g/mol. The molecule has 1 aromatic rings. The summed E-state index contributed by atoms with van der Waals surface area (Å²) in [6, 6.07) is 4.13. The lowest BCUT2D eigenvalue weighted by atomic mass is 10.0. The molecule has 0 saturated heterocycles. The summed E-state index contributed by atoms with van der Waals surface area (Å²) in [4.78, 5) is 0. The van der Waals surface area contributed by atoms with E-state index in [1.165, 1.54) is 11.1 Å². The van der Waals surface area contributed by atoms with E-state index in [9.17, 15) is 0 Å². The molecule has 2 nitrogen and oxygen atoms in total. The Morgan fingerprint density at radius 1 is 1.29 bits per heavy atom. The molecule has 0 aromatic heterocycles. The van der Waals surface area contributed by atoms with Crippen molar-refractivity contribution in [2.24, 2.45) is 5.73 Å². The van der Waals surface area contributed by atoms with E-state index in [2.05, 4.69) is 19.9 Å². The zero-order chi connectivity index (χ0) is 10.7. The molecule has 0 spiro atoms. The minimum atomic E-state index is 0.195. The Hall–Kier alpha value is -1.02. The average Bonchev–Trinajstić information content (AvgIpc) is 2.13. The smallest absolute Gasteiger partial charge is 0.127 e. The fourth-order valence-corrected chi connectivity index (χ4v) is 1.41. The molecule has 1 rings (SSSR count). The van der Waals surface area contributed by atoms with E-state index in [0.29, 0.717) is 6.54 Å². The largest absolute Gasteiger partial charge is 0.490 e.